The van der Waals surface area contributed by atoms with E-state index in [1.807, 2.05) is 42.5 Å². The predicted octanol–water partition coefficient (Wildman–Crippen LogP) is 3.09. The van der Waals surface area contributed by atoms with Gasteiger partial charge in [0.2, 0.25) is 0 Å². The van der Waals surface area contributed by atoms with E-state index in [0.717, 1.165) is 42.3 Å². The van der Waals surface area contributed by atoms with Gasteiger partial charge in [-0.3, -0.25) is 4.99 Å². The average molecular weight is 379 g/mol. The minimum absolute atomic E-state index is 0.281. The molecule has 0 atom stereocenters. The summed E-state index contributed by atoms with van der Waals surface area (Å²) in [6, 6.07) is 13.7. The zero-order valence-electron chi connectivity index (χ0n) is 16.0. The van der Waals surface area contributed by atoms with Crippen LogP contribution in [0.2, 0.25) is 0 Å². The van der Waals surface area contributed by atoms with Gasteiger partial charge in [-0.2, -0.15) is 0 Å². The van der Waals surface area contributed by atoms with Crippen LogP contribution >= 0.6 is 0 Å². The van der Waals surface area contributed by atoms with Crippen LogP contribution in [0.5, 0.6) is 17.2 Å². The minimum atomic E-state index is 0.281. The maximum atomic E-state index is 5.73. The molecule has 0 bridgehead atoms. The summed E-state index contributed by atoms with van der Waals surface area (Å²) in [5.74, 6) is 5.47. The van der Waals surface area contributed by atoms with Crippen LogP contribution in [-0.2, 0) is 6.42 Å². The van der Waals surface area contributed by atoms with Crippen LogP contribution in [0.3, 0.4) is 0 Å². The van der Waals surface area contributed by atoms with E-state index in [4.69, 9.17) is 20.6 Å². The van der Waals surface area contributed by atoms with Gasteiger partial charge >= 0.3 is 0 Å². The van der Waals surface area contributed by atoms with E-state index in [1.54, 1.807) is 7.05 Å². The lowest BCUT2D eigenvalue weighted by molar-refractivity contribution is 0.297. The molecule has 0 radical (unpaired) electrons. The maximum absolute atomic E-state index is 5.73. The molecule has 6 nitrogen and oxygen atoms in total. The topological polar surface area (TPSA) is 64.1 Å². The van der Waals surface area contributed by atoms with Gasteiger partial charge in [0.1, 0.15) is 12.4 Å². The summed E-state index contributed by atoms with van der Waals surface area (Å²) in [6.07, 6.45) is 6.94. The molecule has 6 heteroatoms. The van der Waals surface area contributed by atoms with Crippen molar-refractivity contribution in [3.63, 3.8) is 0 Å². The largest absolute Gasteiger partial charge is 0.490 e. The standard InChI is InChI=1S/C22H25N3O3/c1-3-13-26-19-8-5-17(6-9-19)11-12-24-22(23-2)25-18-7-10-20-21(16-18)28-15-4-14-27-20/h1,5-10,16H,4,11-15H2,2H3,(H2,23,24,25). The van der Waals surface area contributed by atoms with Crippen LogP contribution in [0.1, 0.15) is 12.0 Å². The van der Waals surface area contributed by atoms with Crippen molar-refractivity contribution in [2.24, 2.45) is 4.99 Å². The Balaban J connectivity index is 1.50. The highest BCUT2D eigenvalue weighted by Crippen LogP contribution is 2.32. The summed E-state index contributed by atoms with van der Waals surface area (Å²) in [5, 5.41) is 6.60. The van der Waals surface area contributed by atoms with E-state index in [1.165, 1.54) is 5.56 Å². The number of hydrogen-bond donors (Lipinski definition) is 2. The van der Waals surface area contributed by atoms with Crippen molar-refractivity contribution in [3.05, 3.63) is 48.0 Å². The third-order valence-electron chi connectivity index (χ3n) is 4.19. The van der Waals surface area contributed by atoms with Crippen molar-refractivity contribution in [3.8, 4) is 29.6 Å². The van der Waals surface area contributed by atoms with Crippen LogP contribution in [-0.4, -0.2) is 39.4 Å². The number of benzene rings is 2. The Morgan fingerprint density at radius 3 is 2.68 bits per heavy atom. The van der Waals surface area contributed by atoms with E-state index in [9.17, 15) is 0 Å². The number of fused-ring (bicyclic) bond motifs is 1. The number of ether oxygens (including phenoxy) is 3. The number of hydrogen-bond acceptors (Lipinski definition) is 4. The first-order valence-electron chi connectivity index (χ1n) is 9.31. The Kier molecular flexibility index (Phi) is 7.02. The second kappa shape index (κ2) is 10.1. The Labute approximate surface area is 165 Å². The van der Waals surface area contributed by atoms with Crippen LogP contribution in [0.25, 0.3) is 0 Å². The van der Waals surface area contributed by atoms with Gasteiger partial charge in [-0.1, -0.05) is 18.1 Å². The molecule has 28 heavy (non-hydrogen) atoms. The smallest absolute Gasteiger partial charge is 0.195 e. The molecule has 0 fully saturated rings. The first kappa shape index (κ1) is 19.4. The van der Waals surface area contributed by atoms with Gasteiger partial charge in [0.25, 0.3) is 0 Å². The lowest BCUT2D eigenvalue weighted by Gasteiger charge is -2.14. The first-order chi connectivity index (χ1) is 13.8. The van der Waals surface area contributed by atoms with Crippen LogP contribution < -0.4 is 24.8 Å². The molecule has 1 aliphatic rings. The highest BCUT2D eigenvalue weighted by atomic mass is 16.5. The molecule has 0 aliphatic carbocycles. The van der Waals surface area contributed by atoms with Gasteiger partial charge in [-0.05, 0) is 36.2 Å². The Morgan fingerprint density at radius 2 is 1.93 bits per heavy atom. The molecule has 0 saturated carbocycles. The highest BCUT2D eigenvalue weighted by Gasteiger charge is 2.11. The molecule has 0 spiro atoms. The molecule has 146 valence electrons. The maximum Gasteiger partial charge on any atom is 0.195 e. The van der Waals surface area contributed by atoms with Gasteiger partial charge in [0.15, 0.2) is 17.5 Å². The van der Waals surface area contributed by atoms with Gasteiger partial charge in [0, 0.05) is 31.8 Å². The zero-order chi connectivity index (χ0) is 19.6. The molecule has 0 saturated heterocycles. The average Bonchev–Trinajstić information content (AvgIpc) is 2.97. The summed E-state index contributed by atoms with van der Waals surface area (Å²) in [7, 11) is 1.75. The summed E-state index contributed by atoms with van der Waals surface area (Å²) in [6.45, 7) is 2.37. The van der Waals surface area contributed by atoms with Crippen molar-refractivity contribution in [1.29, 1.82) is 0 Å². The number of guanidine groups is 1. The second-order valence-corrected chi connectivity index (χ2v) is 6.22. The van der Waals surface area contributed by atoms with Crippen molar-refractivity contribution >= 4 is 11.6 Å². The third-order valence-corrected chi connectivity index (χ3v) is 4.19. The van der Waals surface area contributed by atoms with Crippen LogP contribution in [0, 0.1) is 12.3 Å². The Morgan fingerprint density at radius 1 is 1.14 bits per heavy atom. The molecule has 1 heterocycles. The van der Waals surface area contributed by atoms with Crippen LogP contribution in [0.15, 0.2) is 47.5 Å². The van der Waals surface area contributed by atoms with Crippen LogP contribution in [0.4, 0.5) is 5.69 Å². The lowest BCUT2D eigenvalue weighted by atomic mass is 10.1. The van der Waals surface area contributed by atoms with E-state index in [2.05, 4.69) is 21.5 Å². The highest BCUT2D eigenvalue weighted by molar-refractivity contribution is 5.93. The fourth-order valence-electron chi connectivity index (χ4n) is 2.76. The fraction of sp³-hybridized carbons (Fsp3) is 0.318. The first-order valence-corrected chi connectivity index (χ1v) is 9.31. The van der Waals surface area contributed by atoms with Crippen molar-refractivity contribution in [1.82, 2.24) is 5.32 Å². The van der Waals surface area contributed by atoms with Gasteiger partial charge in [-0.25, -0.2) is 0 Å². The normalized spacial score (nSPS) is 13.2. The Hall–Kier alpha value is -3.33. The summed E-state index contributed by atoms with van der Waals surface area (Å²) in [5.41, 5.74) is 2.10. The second-order valence-electron chi connectivity index (χ2n) is 6.22. The SMILES string of the molecule is C#CCOc1ccc(CCNC(=NC)Nc2ccc3c(c2)OCCCO3)cc1. The lowest BCUT2D eigenvalue weighted by Crippen LogP contribution is -2.32. The van der Waals surface area contributed by atoms with Crippen molar-refractivity contribution in [2.75, 3.05) is 38.7 Å². The predicted molar refractivity (Wildman–Crippen MR) is 112 cm³/mol. The van der Waals surface area contributed by atoms with E-state index < -0.39 is 0 Å². The van der Waals surface area contributed by atoms with Crippen molar-refractivity contribution < 1.29 is 14.2 Å². The van der Waals surface area contributed by atoms with Gasteiger partial charge in [0.05, 0.1) is 13.2 Å². The zero-order valence-corrected chi connectivity index (χ0v) is 16.0. The number of nitrogens with zero attached hydrogens (tertiary/aromatic N) is 1. The minimum Gasteiger partial charge on any atom is -0.490 e. The monoisotopic (exact) mass is 379 g/mol. The number of nitrogens with one attached hydrogen (secondary N) is 2. The third kappa shape index (κ3) is 5.58. The number of terminal acetylenes is 1. The quantitative estimate of drug-likeness (QED) is 0.459. The molecular formula is C22H25N3O3. The molecule has 0 amide bonds. The summed E-state index contributed by atoms with van der Waals surface area (Å²) >= 11 is 0. The molecule has 1 aliphatic heterocycles. The fourth-order valence-corrected chi connectivity index (χ4v) is 2.76. The molecular weight excluding hydrogens is 354 g/mol. The van der Waals surface area contributed by atoms with Gasteiger partial charge < -0.3 is 24.8 Å². The molecule has 2 aromatic carbocycles. The number of rotatable bonds is 6. The Bertz CT molecular complexity index is 841. The number of aliphatic imine (C=N–C) groups is 1. The van der Waals surface area contributed by atoms with E-state index in [-0.39, 0.29) is 6.61 Å². The van der Waals surface area contributed by atoms with E-state index >= 15 is 0 Å². The summed E-state index contributed by atoms with van der Waals surface area (Å²) < 4.78 is 16.8. The molecule has 3 rings (SSSR count). The summed E-state index contributed by atoms with van der Waals surface area (Å²) in [4.78, 5) is 4.28. The number of anilines is 1. The molecule has 2 N–H and O–H groups in total. The molecule has 2 aromatic rings. The van der Waals surface area contributed by atoms with Gasteiger partial charge in [-0.15, -0.1) is 6.42 Å². The molecule has 0 unspecified atom stereocenters. The van der Waals surface area contributed by atoms with Crippen molar-refractivity contribution in [2.45, 2.75) is 12.8 Å². The molecule has 0 aromatic heterocycles. The van der Waals surface area contributed by atoms with E-state index in [0.29, 0.717) is 19.2 Å².